The highest BCUT2D eigenvalue weighted by atomic mass is 16.4. The monoisotopic (exact) mass is 224 g/mol. The molecule has 88 valence electrons. The summed E-state index contributed by atoms with van der Waals surface area (Å²) in [6.45, 7) is 0.973. The quantitative estimate of drug-likeness (QED) is 0.794. The van der Waals surface area contributed by atoms with Gasteiger partial charge in [-0.05, 0) is 25.7 Å². The van der Waals surface area contributed by atoms with Crippen molar-refractivity contribution in [2.75, 3.05) is 6.61 Å². The van der Waals surface area contributed by atoms with Crippen molar-refractivity contribution >= 4 is 5.97 Å². The molecule has 1 aliphatic heterocycles. The summed E-state index contributed by atoms with van der Waals surface area (Å²) < 4.78 is 2.02. The molecule has 0 fully saturated rings. The van der Waals surface area contributed by atoms with E-state index in [4.69, 9.17) is 10.2 Å². The molecule has 0 unspecified atom stereocenters. The zero-order valence-corrected chi connectivity index (χ0v) is 9.15. The molecule has 0 saturated carbocycles. The summed E-state index contributed by atoms with van der Waals surface area (Å²) in [5.41, 5.74) is 1.05. The zero-order valence-electron chi connectivity index (χ0n) is 9.15. The van der Waals surface area contributed by atoms with Crippen LogP contribution in [0.15, 0.2) is 0 Å². The number of aliphatic hydroxyl groups excluding tert-OH is 1. The molecule has 0 saturated heterocycles. The molecule has 2 N–H and O–H groups in total. The maximum atomic E-state index is 11.0. The first kappa shape index (κ1) is 11.1. The van der Waals surface area contributed by atoms with E-state index in [1.165, 1.54) is 0 Å². The van der Waals surface area contributed by atoms with Gasteiger partial charge in [0.25, 0.3) is 0 Å². The molecule has 0 bridgehead atoms. The summed E-state index contributed by atoms with van der Waals surface area (Å²) in [5.74, 6) is -0.137. The van der Waals surface area contributed by atoms with Crippen molar-refractivity contribution in [3.8, 4) is 0 Å². The Bertz CT molecular complexity index is 398. The van der Waals surface area contributed by atoms with Gasteiger partial charge in [0.15, 0.2) is 5.69 Å². The summed E-state index contributed by atoms with van der Waals surface area (Å²) >= 11 is 0. The van der Waals surface area contributed by atoms with Crippen molar-refractivity contribution in [3.63, 3.8) is 0 Å². The first-order valence-corrected chi connectivity index (χ1v) is 5.66. The van der Waals surface area contributed by atoms with E-state index in [1.807, 2.05) is 4.57 Å². The molecule has 0 spiro atoms. The standard InChI is InChI=1S/C11H16N2O3/c14-7-3-5-9-12-10(11(15)16)8-4-1-2-6-13(8)9/h14H,1-7H2,(H,15,16). The number of hydrogen-bond donors (Lipinski definition) is 2. The Morgan fingerprint density at radius 2 is 2.25 bits per heavy atom. The molecule has 0 aliphatic carbocycles. The van der Waals surface area contributed by atoms with Gasteiger partial charge < -0.3 is 14.8 Å². The average molecular weight is 224 g/mol. The van der Waals surface area contributed by atoms with E-state index >= 15 is 0 Å². The van der Waals surface area contributed by atoms with Crippen LogP contribution < -0.4 is 0 Å². The van der Waals surface area contributed by atoms with Gasteiger partial charge in [0.05, 0.1) is 5.69 Å². The van der Waals surface area contributed by atoms with Crippen LogP contribution in [-0.2, 0) is 19.4 Å². The summed E-state index contributed by atoms with van der Waals surface area (Å²) in [6, 6.07) is 0. The van der Waals surface area contributed by atoms with Crippen molar-refractivity contribution in [1.82, 2.24) is 9.55 Å². The lowest BCUT2D eigenvalue weighted by molar-refractivity contribution is 0.0689. The number of aromatic nitrogens is 2. The molecule has 1 aromatic heterocycles. The fourth-order valence-electron chi connectivity index (χ4n) is 2.22. The topological polar surface area (TPSA) is 75.3 Å². The Balaban J connectivity index is 2.34. The van der Waals surface area contributed by atoms with E-state index < -0.39 is 5.97 Å². The van der Waals surface area contributed by atoms with Crippen LogP contribution in [0.5, 0.6) is 0 Å². The number of carbonyl (C=O) groups is 1. The Hall–Kier alpha value is -1.36. The number of hydrogen-bond acceptors (Lipinski definition) is 3. The molecule has 0 amide bonds. The molecular formula is C11H16N2O3. The summed E-state index contributed by atoms with van der Waals surface area (Å²) in [4.78, 5) is 15.2. The second kappa shape index (κ2) is 4.65. The summed E-state index contributed by atoms with van der Waals surface area (Å²) in [6.07, 6.45) is 4.19. The first-order valence-electron chi connectivity index (χ1n) is 5.66. The van der Waals surface area contributed by atoms with E-state index in [1.54, 1.807) is 0 Å². The number of aryl methyl sites for hydroxylation is 1. The highest BCUT2D eigenvalue weighted by Crippen LogP contribution is 2.21. The minimum Gasteiger partial charge on any atom is -0.476 e. The number of aliphatic hydroxyl groups is 1. The molecule has 1 aromatic rings. The van der Waals surface area contributed by atoms with Crippen molar-refractivity contribution in [2.24, 2.45) is 0 Å². The van der Waals surface area contributed by atoms with Crippen LogP contribution in [0.3, 0.4) is 0 Å². The van der Waals surface area contributed by atoms with Gasteiger partial charge >= 0.3 is 5.97 Å². The lowest BCUT2D eigenvalue weighted by Gasteiger charge is -2.16. The van der Waals surface area contributed by atoms with Crippen LogP contribution in [0.1, 0.15) is 41.3 Å². The smallest absolute Gasteiger partial charge is 0.356 e. The number of fused-ring (bicyclic) bond motifs is 1. The van der Waals surface area contributed by atoms with Crippen molar-refractivity contribution in [2.45, 2.75) is 38.6 Å². The molecule has 16 heavy (non-hydrogen) atoms. The molecule has 0 aromatic carbocycles. The SMILES string of the molecule is O=C(O)c1nc(CCCO)n2c1CCCC2. The second-order valence-electron chi connectivity index (χ2n) is 4.06. The van der Waals surface area contributed by atoms with E-state index in [9.17, 15) is 4.79 Å². The second-order valence-corrected chi connectivity index (χ2v) is 4.06. The van der Waals surface area contributed by atoms with Crippen molar-refractivity contribution in [3.05, 3.63) is 17.2 Å². The van der Waals surface area contributed by atoms with Gasteiger partial charge in [-0.2, -0.15) is 0 Å². The zero-order chi connectivity index (χ0) is 11.5. The lowest BCUT2D eigenvalue weighted by atomic mass is 10.1. The number of carboxylic acids is 1. The fourth-order valence-corrected chi connectivity index (χ4v) is 2.22. The highest BCUT2D eigenvalue weighted by Gasteiger charge is 2.23. The number of carboxylic acid groups (broad SMARTS) is 1. The normalized spacial score (nSPS) is 14.8. The summed E-state index contributed by atoms with van der Waals surface area (Å²) in [7, 11) is 0. The molecular weight excluding hydrogens is 208 g/mol. The van der Waals surface area contributed by atoms with E-state index in [0.29, 0.717) is 12.8 Å². The molecule has 5 nitrogen and oxygen atoms in total. The predicted molar refractivity (Wildman–Crippen MR) is 57.5 cm³/mol. The van der Waals surface area contributed by atoms with E-state index in [0.717, 1.165) is 37.3 Å². The van der Waals surface area contributed by atoms with Crippen LogP contribution in [0.4, 0.5) is 0 Å². The first-order chi connectivity index (χ1) is 7.74. The predicted octanol–water partition coefficient (Wildman–Crippen LogP) is 0.842. The number of imidazole rings is 1. The molecule has 2 heterocycles. The van der Waals surface area contributed by atoms with Crippen LogP contribution >= 0.6 is 0 Å². The lowest BCUT2D eigenvalue weighted by Crippen LogP contribution is -2.14. The van der Waals surface area contributed by atoms with Gasteiger partial charge in [-0.3, -0.25) is 0 Å². The van der Waals surface area contributed by atoms with Gasteiger partial charge in [-0.1, -0.05) is 0 Å². The van der Waals surface area contributed by atoms with Gasteiger partial charge in [-0.15, -0.1) is 0 Å². The maximum Gasteiger partial charge on any atom is 0.356 e. The fraction of sp³-hybridized carbons (Fsp3) is 0.636. The third kappa shape index (κ3) is 1.95. The third-order valence-corrected chi connectivity index (χ3v) is 2.96. The molecule has 2 rings (SSSR count). The summed E-state index contributed by atoms with van der Waals surface area (Å²) in [5, 5.41) is 17.8. The maximum absolute atomic E-state index is 11.0. The van der Waals surface area contributed by atoms with Gasteiger partial charge in [0, 0.05) is 19.6 Å². The Morgan fingerprint density at radius 1 is 1.44 bits per heavy atom. The van der Waals surface area contributed by atoms with E-state index in [-0.39, 0.29) is 12.3 Å². The minimum atomic E-state index is -0.944. The van der Waals surface area contributed by atoms with E-state index in [2.05, 4.69) is 4.98 Å². The number of rotatable bonds is 4. The molecule has 5 heteroatoms. The van der Waals surface area contributed by atoms with Gasteiger partial charge in [0.2, 0.25) is 0 Å². The van der Waals surface area contributed by atoms with Crippen molar-refractivity contribution in [1.29, 1.82) is 0 Å². The Labute approximate surface area is 93.7 Å². The average Bonchev–Trinajstić information content (AvgIpc) is 2.65. The highest BCUT2D eigenvalue weighted by molar-refractivity contribution is 5.86. The number of aromatic carboxylic acids is 1. The minimum absolute atomic E-state index is 0.116. The number of nitrogens with zero attached hydrogens (tertiary/aromatic N) is 2. The molecule has 0 atom stereocenters. The Kier molecular flexibility index (Phi) is 3.24. The van der Waals surface area contributed by atoms with Crippen LogP contribution in [0.2, 0.25) is 0 Å². The van der Waals surface area contributed by atoms with Crippen LogP contribution in [-0.4, -0.2) is 32.3 Å². The largest absolute Gasteiger partial charge is 0.476 e. The molecule has 0 radical (unpaired) electrons. The Morgan fingerprint density at radius 3 is 2.94 bits per heavy atom. The third-order valence-electron chi connectivity index (χ3n) is 2.96. The van der Waals surface area contributed by atoms with Gasteiger partial charge in [-0.25, -0.2) is 9.78 Å². The van der Waals surface area contributed by atoms with Crippen LogP contribution in [0, 0.1) is 0 Å². The van der Waals surface area contributed by atoms with Gasteiger partial charge in [0.1, 0.15) is 5.82 Å². The van der Waals surface area contributed by atoms with Crippen LogP contribution in [0.25, 0.3) is 0 Å². The van der Waals surface area contributed by atoms with Crippen molar-refractivity contribution < 1.29 is 15.0 Å². The molecule has 1 aliphatic rings.